The monoisotopic (exact) mass is 267 g/mol. The van der Waals surface area contributed by atoms with Crippen LogP contribution in [0.5, 0.6) is 0 Å². The minimum Gasteiger partial charge on any atom is -0.371 e. The van der Waals surface area contributed by atoms with E-state index < -0.39 is 0 Å². The number of rotatable bonds is 3. The summed E-state index contributed by atoms with van der Waals surface area (Å²) in [7, 11) is 0. The van der Waals surface area contributed by atoms with Gasteiger partial charge in [-0.3, -0.25) is 0 Å². The number of hydrogen-bond acceptors (Lipinski definition) is 1. The maximum Gasteiger partial charge on any atom is 0.0403 e. The van der Waals surface area contributed by atoms with Gasteiger partial charge < -0.3 is 4.90 Å². The Morgan fingerprint density at radius 2 is 2.20 bits per heavy atom. The van der Waals surface area contributed by atoms with Crippen molar-refractivity contribution >= 4 is 21.6 Å². The van der Waals surface area contributed by atoms with Crippen molar-refractivity contribution in [3.8, 4) is 0 Å². The standard InChI is InChI=1S/C13H18BrN/c1-3-7-15-9-10(4-2)12-8-11(14)5-6-13(12)15/h5-6,8,10H,3-4,7,9H2,1-2H3. The molecule has 1 aromatic carbocycles. The van der Waals surface area contributed by atoms with Crippen molar-refractivity contribution in [3.63, 3.8) is 0 Å². The van der Waals surface area contributed by atoms with Gasteiger partial charge in [0.2, 0.25) is 0 Å². The molecule has 0 aromatic heterocycles. The summed E-state index contributed by atoms with van der Waals surface area (Å²) < 4.78 is 1.21. The molecule has 1 atom stereocenters. The maximum absolute atomic E-state index is 3.56. The number of hydrogen-bond donors (Lipinski definition) is 0. The van der Waals surface area contributed by atoms with Crippen LogP contribution in [0.3, 0.4) is 0 Å². The molecule has 2 heteroatoms. The van der Waals surface area contributed by atoms with Crippen molar-refractivity contribution < 1.29 is 0 Å². The Kier molecular flexibility index (Phi) is 3.35. The number of benzene rings is 1. The predicted octanol–water partition coefficient (Wildman–Crippen LogP) is 4.17. The molecule has 0 amide bonds. The predicted molar refractivity (Wildman–Crippen MR) is 69.7 cm³/mol. The average molecular weight is 268 g/mol. The summed E-state index contributed by atoms with van der Waals surface area (Å²) in [6.07, 6.45) is 2.47. The molecule has 0 saturated heterocycles. The van der Waals surface area contributed by atoms with Crippen molar-refractivity contribution in [2.75, 3.05) is 18.0 Å². The Morgan fingerprint density at radius 3 is 2.87 bits per heavy atom. The van der Waals surface area contributed by atoms with Gasteiger partial charge in [0.25, 0.3) is 0 Å². The molecule has 1 heterocycles. The minimum atomic E-state index is 0.726. The van der Waals surface area contributed by atoms with Gasteiger partial charge in [0, 0.05) is 29.2 Å². The zero-order valence-electron chi connectivity index (χ0n) is 9.46. The van der Waals surface area contributed by atoms with Gasteiger partial charge in [-0.15, -0.1) is 0 Å². The second-order valence-corrected chi connectivity index (χ2v) is 5.17. The van der Waals surface area contributed by atoms with Crippen LogP contribution in [0.2, 0.25) is 0 Å². The van der Waals surface area contributed by atoms with E-state index in [9.17, 15) is 0 Å². The third-order valence-corrected chi connectivity index (χ3v) is 3.69. The molecule has 15 heavy (non-hydrogen) atoms. The zero-order chi connectivity index (χ0) is 10.8. The van der Waals surface area contributed by atoms with E-state index in [0.717, 1.165) is 5.92 Å². The first kappa shape index (κ1) is 11.0. The van der Waals surface area contributed by atoms with E-state index in [1.807, 2.05) is 0 Å². The lowest BCUT2D eigenvalue weighted by Gasteiger charge is -2.18. The Morgan fingerprint density at radius 1 is 1.40 bits per heavy atom. The number of nitrogens with zero attached hydrogens (tertiary/aromatic N) is 1. The topological polar surface area (TPSA) is 3.24 Å². The highest BCUT2D eigenvalue weighted by Gasteiger charge is 2.26. The molecule has 1 aliphatic rings. The van der Waals surface area contributed by atoms with Gasteiger partial charge in [-0.1, -0.05) is 29.8 Å². The Balaban J connectivity index is 2.34. The molecule has 0 bridgehead atoms. The van der Waals surface area contributed by atoms with Crippen LogP contribution in [0.15, 0.2) is 22.7 Å². The molecule has 2 rings (SSSR count). The van der Waals surface area contributed by atoms with Crippen molar-refractivity contribution in [2.45, 2.75) is 32.6 Å². The number of halogens is 1. The molecular weight excluding hydrogens is 250 g/mol. The van der Waals surface area contributed by atoms with E-state index in [4.69, 9.17) is 0 Å². The van der Waals surface area contributed by atoms with E-state index in [1.54, 1.807) is 0 Å². The van der Waals surface area contributed by atoms with Crippen molar-refractivity contribution in [1.82, 2.24) is 0 Å². The molecule has 1 nitrogen and oxygen atoms in total. The Hall–Kier alpha value is -0.500. The third kappa shape index (κ3) is 2.05. The first-order valence-electron chi connectivity index (χ1n) is 5.80. The normalized spacial score (nSPS) is 19.4. The van der Waals surface area contributed by atoms with Gasteiger partial charge in [0.15, 0.2) is 0 Å². The number of fused-ring (bicyclic) bond motifs is 1. The van der Waals surface area contributed by atoms with Crippen LogP contribution in [0.25, 0.3) is 0 Å². The largest absolute Gasteiger partial charge is 0.371 e. The Labute approximate surface area is 101 Å². The molecule has 1 aliphatic heterocycles. The molecule has 0 fully saturated rings. The fourth-order valence-electron chi connectivity index (χ4n) is 2.43. The summed E-state index contributed by atoms with van der Waals surface area (Å²) in [5.41, 5.74) is 2.98. The van der Waals surface area contributed by atoms with Crippen LogP contribution in [0.1, 0.15) is 38.2 Å². The quantitative estimate of drug-likeness (QED) is 0.795. The summed E-state index contributed by atoms with van der Waals surface area (Å²) in [6, 6.07) is 6.70. The second kappa shape index (κ2) is 4.56. The smallest absolute Gasteiger partial charge is 0.0403 e. The molecule has 0 spiro atoms. The zero-order valence-corrected chi connectivity index (χ0v) is 11.0. The van der Waals surface area contributed by atoms with E-state index in [2.05, 4.69) is 52.9 Å². The van der Waals surface area contributed by atoms with Gasteiger partial charge in [-0.05, 0) is 36.6 Å². The van der Waals surface area contributed by atoms with Gasteiger partial charge in [-0.25, -0.2) is 0 Å². The fourth-order valence-corrected chi connectivity index (χ4v) is 2.81. The van der Waals surface area contributed by atoms with Crippen molar-refractivity contribution in [1.29, 1.82) is 0 Å². The van der Waals surface area contributed by atoms with Crippen molar-refractivity contribution in [2.24, 2.45) is 0 Å². The van der Waals surface area contributed by atoms with Crippen LogP contribution in [0.4, 0.5) is 5.69 Å². The van der Waals surface area contributed by atoms with Gasteiger partial charge in [0.05, 0.1) is 0 Å². The Bertz CT molecular complexity index is 348. The van der Waals surface area contributed by atoms with Crippen LogP contribution < -0.4 is 4.90 Å². The van der Waals surface area contributed by atoms with E-state index in [0.29, 0.717) is 0 Å². The lowest BCUT2D eigenvalue weighted by molar-refractivity contribution is 0.666. The lowest BCUT2D eigenvalue weighted by Crippen LogP contribution is -2.22. The molecule has 0 radical (unpaired) electrons. The van der Waals surface area contributed by atoms with E-state index in [-0.39, 0.29) is 0 Å². The molecule has 1 aromatic rings. The van der Waals surface area contributed by atoms with Crippen LogP contribution in [-0.4, -0.2) is 13.1 Å². The maximum atomic E-state index is 3.56. The average Bonchev–Trinajstić information content (AvgIpc) is 2.56. The van der Waals surface area contributed by atoms with Crippen LogP contribution in [0, 0.1) is 0 Å². The van der Waals surface area contributed by atoms with Gasteiger partial charge >= 0.3 is 0 Å². The van der Waals surface area contributed by atoms with Crippen LogP contribution >= 0.6 is 15.9 Å². The first-order valence-corrected chi connectivity index (χ1v) is 6.60. The summed E-state index contributed by atoms with van der Waals surface area (Å²) in [5, 5.41) is 0. The molecular formula is C13H18BrN. The molecule has 1 unspecified atom stereocenters. The highest BCUT2D eigenvalue weighted by molar-refractivity contribution is 9.10. The second-order valence-electron chi connectivity index (χ2n) is 4.25. The highest BCUT2D eigenvalue weighted by atomic mass is 79.9. The molecule has 0 N–H and O–H groups in total. The van der Waals surface area contributed by atoms with E-state index in [1.165, 1.54) is 41.7 Å². The SMILES string of the molecule is CCCN1CC(CC)c2cc(Br)ccc21. The first-order chi connectivity index (χ1) is 7.26. The summed E-state index contributed by atoms with van der Waals surface area (Å²) >= 11 is 3.56. The minimum absolute atomic E-state index is 0.726. The summed E-state index contributed by atoms with van der Waals surface area (Å²) in [5.74, 6) is 0.726. The van der Waals surface area contributed by atoms with Gasteiger partial charge in [-0.2, -0.15) is 0 Å². The van der Waals surface area contributed by atoms with Crippen molar-refractivity contribution in [3.05, 3.63) is 28.2 Å². The third-order valence-electron chi connectivity index (χ3n) is 3.20. The molecule has 0 aliphatic carbocycles. The van der Waals surface area contributed by atoms with Crippen LogP contribution in [-0.2, 0) is 0 Å². The fraction of sp³-hybridized carbons (Fsp3) is 0.538. The van der Waals surface area contributed by atoms with Gasteiger partial charge in [0.1, 0.15) is 0 Å². The molecule has 0 saturated carbocycles. The molecule has 82 valence electrons. The summed E-state index contributed by atoms with van der Waals surface area (Å²) in [6.45, 7) is 6.92. The van der Waals surface area contributed by atoms with E-state index >= 15 is 0 Å². The number of anilines is 1. The highest BCUT2D eigenvalue weighted by Crippen LogP contribution is 2.39. The lowest BCUT2D eigenvalue weighted by atomic mass is 9.99. The summed E-state index contributed by atoms with van der Waals surface area (Å²) in [4.78, 5) is 2.52.